The number of amides is 1. The van der Waals surface area contributed by atoms with Crippen LogP contribution in [0.2, 0.25) is 0 Å². The fraction of sp³-hybridized carbons (Fsp3) is 0.708. The molecule has 0 radical (unpaired) electrons. The highest BCUT2D eigenvalue weighted by Crippen LogP contribution is 2.54. The number of carbonyl (C=O) groups excluding carboxylic acids is 1. The first kappa shape index (κ1) is 21.2. The Morgan fingerprint density at radius 2 is 1.83 bits per heavy atom. The zero-order valence-corrected chi connectivity index (χ0v) is 19.5. The van der Waals surface area contributed by atoms with Gasteiger partial charge in [0.25, 0.3) is 0 Å². The smallest absolute Gasteiger partial charge is 0.225 e. The second-order valence-electron chi connectivity index (χ2n) is 9.91. The van der Waals surface area contributed by atoms with Crippen molar-refractivity contribution in [2.24, 2.45) is 17.3 Å². The van der Waals surface area contributed by atoms with Gasteiger partial charge in [-0.25, -0.2) is 0 Å². The summed E-state index contributed by atoms with van der Waals surface area (Å²) < 4.78 is 0.690. The zero-order valence-electron chi connectivity index (χ0n) is 17.9. The van der Waals surface area contributed by atoms with Crippen LogP contribution in [0.3, 0.4) is 0 Å². The third-order valence-corrected chi connectivity index (χ3v) is 8.46. The number of hydrogen-bond donors (Lipinski definition) is 1. The van der Waals surface area contributed by atoms with Crippen molar-refractivity contribution in [1.82, 2.24) is 9.80 Å². The largest absolute Gasteiger partial charge is 0.507 e. The van der Waals surface area contributed by atoms with Gasteiger partial charge in [0.1, 0.15) is 5.75 Å². The maximum Gasteiger partial charge on any atom is 0.225 e. The molecule has 1 atom stereocenters. The van der Waals surface area contributed by atoms with Crippen LogP contribution in [0.4, 0.5) is 0 Å². The molecule has 0 aromatic heterocycles. The Kier molecular flexibility index (Phi) is 6.27. The number of phenols is 1. The number of likely N-dealkylation sites (tertiary alicyclic amines) is 2. The van der Waals surface area contributed by atoms with Crippen molar-refractivity contribution in [3.8, 4) is 5.75 Å². The molecule has 2 saturated heterocycles. The third kappa shape index (κ3) is 4.82. The molecular formula is C24H35BrN2O2. The maximum absolute atomic E-state index is 12.9. The van der Waals surface area contributed by atoms with E-state index in [2.05, 4.69) is 32.7 Å². The number of hydrogen-bond acceptors (Lipinski definition) is 3. The van der Waals surface area contributed by atoms with E-state index in [0.29, 0.717) is 22.4 Å². The van der Waals surface area contributed by atoms with Crippen molar-refractivity contribution >= 4 is 21.8 Å². The van der Waals surface area contributed by atoms with Gasteiger partial charge in [-0.3, -0.25) is 4.79 Å². The predicted molar refractivity (Wildman–Crippen MR) is 120 cm³/mol. The molecule has 1 amide bonds. The number of carbonyl (C=O) groups is 1. The first-order chi connectivity index (χ1) is 13.9. The van der Waals surface area contributed by atoms with Crippen molar-refractivity contribution < 1.29 is 9.90 Å². The third-order valence-electron chi connectivity index (χ3n) is 7.82. The minimum atomic E-state index is -0.0296. The molecule has 5 heteroatoms. The van der Waals surface area contributed by atoms with Gasteiger partial charge in [-0.2, -0.15) is 0 Å². The van der Waals surface area contributed by atoms with Crippen LogP contribution in [0.5, 0.6) is 5.75 Å². The van der Waals surface area contributed by atoms with Gasteiger partial charge in [-0.05, 0) is 103 Å². The van der Waals surface area contributed by atoms with Crippen LogP contribution in [0, 0.1) is 17.3 Å². The molecule has 0 bridgehead atoms. The molecule has 0 spiro atoms. The lowest BCUT2D eigenvalue weighted by atomic mass is 9.82. The fourth-order valence-corrected chi connectivity index (χ4v) is 5.87. The van der Waals surface area contributed by atoms with Gasteiger partial charge in [0.2, 0.25) is 5.91 Å². The summed E-state index contributed by atoms with van der Waals surface area (Å²) in [6.07, 6.45) is 8.57. The van der Waals surface area contributed by atoms with E-state index in [9.17, 15) is 9.90 Å². The summed E-state index contributed by atoms with van der Waals surface area (Å²) in [5, 5.41) is 9.65. The lowest BCUT2D eigenvalue weighted by molar-refractivity contribution is -0.136. The summed E-state index contributed by atoms with van der Waals surface area (Å²) in [6, 6.07) is 6.17. The van der Waals surface area contributed by atoms with Crippen LogP contribution in [0.15, 0.2) is 22.7 Å². The molecule has 1 aromatic rings. The molecule has 3 aliphatic rings. The van der Waals surface area contributed by atoms with Crippen molar-refractivity contribution in [1.29, 1.82) is 0 Å². The molecule has 1 aliphatic carbocycles. The highest BCUT2D eigenvalue weighted by molar-refractivity contribution is 9.10. The number of aromatic hydroxyl groups is 1. The number of phenolic OH excluding ortho intramolecular Hbond substituents is 1. The lowest BCUT2D eigenvalue weighted by Crippen LogP contribution is -2.50. The molecule has 1 N–H and O–H groups in total. The topological polar surface area (TPSA) is 43.8 Å². The van der Waals surface area contributed by atoms with E-state index < -0.39 is 0 Å². The van der Waals surface area contributed by atoms with Crippen molar-refractivity contribution in [2.45, 2.75) is 64.8 Å². The molecule has 3 fully saturated rings. The fourth-order valence-electron chi connectivity index (χ4n) is 5.45. The number of piperidine rings is 2. The lowest BCUT2D eigenvalue weighted by Gasteiger charge is -2.43. The Morgan fingerprint density at radius 1 is 1.17 bits per heavy atom. The predicted octanol–water partition coefficient (Wildman–Crippen LogP) is 4.84. The summed E-state index contributed by atoms with van der Waals surface area (Å²) in [7, 11) is 0. The molecule has 1 saturated carbocycles. The Labute approximate surface area is 183 Å². The summed E-state index contributed by atoms with van der Waals surface area (Å²) >= 11 is 3.36. The summed E-state index contributed by atoms with van der Waals surface area (Å²) in [5.41, 5.74) is 1.75. The van der Waals surface area contributed by atoms with Gasteiger partial charge in [-0.15, -0.1) is 0 Å². The average molecular weight is 463 g/mol. The van der Waals surface area contributed by atoms with E-state index >= 15 is 0 Å². The Morgan fingerprint density at radius 3 is 2.41 bits per heavy atom. The van der Waals surface area contributed by atoms with E-state index in [1.54, 1.807) is 6.07 Å². The van der Waals surface area contributed by atoms with E-state index in [-0.39, 0.29) is 17.6 Å². The van der Waals surface area contributed by atoms with Crippen LogP contribution in [-0.4, -0.2) is 53.0 Å². The zero-order chi connectivity index (χ0) is 20.6. The molecule has 2 aliphatic heterocycles. The highest BCUT2D eigenvalue weighted by atomic mass is 79.9. The Bertz CT molecular complexity index is 732. The molecule has 4 nitrogen and oxygen atoms in total. The van der Waals surface area contributed by atoms with Gasteiger partial charge < -0.3 is 14.9 Å². The van der Waals surface area contributed by atoms with E-state index in [1.165, 1.54) is 38.8 Å². The first-order valence-corrected chi connectivity index (χ1v) is 12.2. The quantitative estimate of drug-likeness (QED) is 0.680. The molecular weight excluding hydrogens is 428 g/mol. The summed E-state index contributed by atoms with van der Waals surface area (Å²) in [5.74, 6) is 1.43. The van der Waals surface area contributed by atoms with Crippen LogP contribution in [0.1, 0.15) is 57.9 Å². The Hall–Kier alpha value is -1.07. The van der Waals surface area contributed by atoms with E-state index in [0.717, 1.165) is 37.4 Å². The van der Waals surface area contributed by atoms with Crippen molar-refractivity contribution in [3.63, 3.8) is 0 Å². The molecule has 4 rings (SSSR count). The summed E-state index contributed by atoms with van der Waals surface area (Å²) in [4.78, 5) is 17.7. The molecule has 0 unspecified atom stereocenters. The van der Waals surface area contributed by atoms with Crippen LogP contribution < -0.4 is 0 Å². The molecule has 1 aromatic carbocycles. The molecule has 2 heterocycles. The number of benzene rings is 1. The van der Waals surface area contributed by atoms with E-state index in [4.69, 9.17) is 0 Å². The van der Waals surface area contributed by atoms with Crippen LogP contribution >= 0.6 is 15.9 Å². The second kappa shape index (κ2) is 8.58. The van der Waals surface area contributed by atoms with Crippen molar-refractivity contribution in [2.75, 3.05) is 26.2 Å². The Balaban J connectivity index is 1.23. The average Bonchev–Trinajstić information content (AvgIpc) is 3.49. The van der Waals surface area contributed by atoms with Gasteiger partial charge in [0, 0.05) is 25.0 Å². The van der Waals surface area contributed by atoms with E-state index in [1.807, 2.05) is 19.1 Å². The molecule has 29 heavy (non-hydrogen) atoms. The molecule has 160 valence electrons. The standard InChI is InChI=1S/C24H35BrN2O2/c1-17(15-18-3-4-22(28)21(25)16-18)23(29)27-13-7-20(8-14-27)26-11-5-19(6-12-26)24(2)9-10-24/h3-4,16-17,19-20,28H,5-15H2,1-2H3/t17-/m1/s1. The summed E-state index contributed by atoms with van der Waals surface area (Å²) in [6.45, 7) is 8.80. The SMILES string of the molecule is C[C@H](Cc1ccc(O)c(Br)c1)C(=O)N1CCC(N2CCC(C3(C)CC3)CC2)CC1. The van der Waals surface area contributed by atoms with Crippen LogP contribution in [-0.2, 0) is 11.2 Å². The minimum absolute atomic E-state index is 0.0296. The number of nitrogens with zero attached hydrogens (tertiary/aromatic N) is 2. The number of halogens is 1. The minimum Gasteiger partial charge on any atom is -0.507 e. The first-order valence-electron chi connectivity index (χ1n) is 11.4. The number of rotatable bonds is 5. The van der Waals surface area contributed by atoms with Gasteiger partial charge >= 0.3 is 0 Å². The van der Waals surface area contributed by atoms with Gasteiger partial charge in [-0.1, -0.05) is 19.9 Å². The normalized spacial score (nSPS) is 24.4. The second-order valence-corrected chi connectivity index (χ2v) is 10.8. The maximum atomic E-state index is 12.9. The van der Waals surface area contributed by atoms with Gasteiger partial charge in [0.05, 0.1) is 4.47 Å². The monoisotopic (exact) mass is 462 g/mol. The van der Waals surface area contributed by atoms with Crippen molar-refractivity contribution in [3.05, 3.63) is 28.2 Å². The van der Waals surface area contributed by atoms with Gasteiger partial charge in [0.15, 0.2) is 0 Å². The highest BCUT2D eigenvalue weighted by Gasteiger charge is 2.45. The van der Waals surface area contributed by atoms with Crippen LogP contribution in [0.25, 0.3) is 0 Å².